The first-order chi connectivity index (χ1) is 11.3. The van der Waals surface area contributed by atoms with Gasteiger partial charge in [-0.05, 0) is 34.1 Å². The van der Waals surface area contributed by atoms with E-state index < -0.39 is 42.1 Å². The molecule has 1 N–H and O–H groups in total. The van der Waals surface area contributed by atoms with Crippen LogP contribution in [0, 0.1) is 0 Å². The molecule has 3 aliphatic heterocycles. The topological polar surface area (TPSA) is 103 Å². The monoisotopic (exact) mass is 352 g/mol. The van der Waals surface area contributed by atoms with Crippen molar-refractivity contribution in [3.05, 3.63) is 0 Å². The molecule has 0 unspecified atom stereocenters. The van der Waals surface area contributed by atoms with Gasteiger partial charge in [0.25, 0.3) is 0 Å². The minimum Gasteiger partial charge on any atom is -0.396 e. The second-order valence-corrected chi connectivity index (χ2v) is 6.83. The third-order valence-corrected chi connectivity index (χ3v) is 3.71. The van der Waals surface area contributed by atoms with Crippen LogP contribution >= 0.6 is 0 Å². The van der Waals surface area contributed by atoms with Gasteiger partial charge in [0.1, 0.15) is 18.8 Å². The summed E-state index contributed by atoms with van der Waals surface area (Å²) in [4.78, 5) is 42.3. The van der Waals surface area contributed by atoms with Gasteiger partial charge in [-0.15, -0.1) is 0 Å². The van der Waals surface area contributed by atoms with E-state index in [1.807, 2.05) is 0 Å². The molecule has 0 spiro atoms. The minimum atomic E-state index is -1.08. The van der Waals surface area contributed by atoms with E-state index in [0.29, 0.717) is 6.42 Å². The summed E-state index contributed by atoms with van der Waals surface area (Å²) in [6, 6.07) is 0. The second kappa shape index (κ2) is 7.08. The fourth-order valence-corrected chi connectivity index (χ4v) is 2.61. The molecule has 0 aromatic carbocycles. The summed E-state index contributed by atoms with van der Waals surface area (Å²) >= 11 is 0. The summed E-state index contributed by atoms with van der Waals surface area (Å²) in [5.74, 6) is -2.14. The van der Waals surface area contributed by atoms with E-state index in [1.165, 1.54) is 0 Å². The quantitative estimate of drug-likeness (QED) is 0.724. The van der Waals surface area contributed by atoms with Gasteiger partial charge in [0.05, 0.1) is 6.10 Å². The van der Waals surface area contributed by atoms with Gasteiger partial charge in [0.2, 0.25) is 11.6 Å². The molecule has 0 saturated carbocycles. The largest absolute Gasteiger partial charge is 0.396 e. The van der Waals surface area contributed by atoms with Gasteiger partial charge < -0.3 is 9.84 Å². The van der Waals surface area contributed by atoms with Crippen LogP contribution in [0.3, 0.4) is 0 Å². The second-order valence-electron chi connectivity index (χ2n) is 6.83. The van der Waals surface area contributed by atoms with Gasteiger partial charge in [0, 0.05) is 6.61 Å². The number of fused-ring (bicyclic) bond motifs is 1. The molecule has 3 fully saturated rings. The molecule has 3 saturated heterocycles. The molecule has 3 aliphatic rings. The highest BCUT2D eigenvalue weighted by Gasteiger charge is 2.55. The summed E-state index contributed by atoms with van der Waals surface area (Å²) in [6.45, 7) is 6.56. The summed E-state index contributed by atoms with van der Waals surface area (Å²) < 4.78 is 5.93. The number of aliphatic hydroxyl groups is 1. The molecular weight excluding hydrogens is 328 g/mol. The molecule has 0 aromatic heterocycles. The van der Waals surface area contributed by atoms with E-state index in [9.17, 15) is 5.11 Å². The molecule has 10 heteroatoms. The zero-order valence-corrected chi connectivity index (χ0v) is 14.1. The molecule has 3 heterocycles. The lowest BCUT2D eigenvalue weighted by Crippen LogP contribution is -2.43. The summed E-state index contributed by atoms with van der Waals surface area (Å²) in [7, 11) is 0. The average molecular weight is 352 g/mol. The highest BCUT2D eigenvalue weighted by molar-refractivity contribution is 4.96. The van der Waals surface area contributed by atoms with E-state index in [4.69, 9.17) is 43.8 Å². The van der Waals surface area contributed by atoms with E-state index in [-0.39, 0.29) is 13.2 Å². The highest BCUT2D eigenvalue weighted by atomic mass is 17.3. The van der Waals surface area contributed by atoms with Gasteiger partial charge >= 0.3 is 0 Å². The van der Waals surface area contributed by atoms with Crippen molar-refractivity contribution in [2.75, 3.05) is 13.2 Å². The molecule has 5 atom stereocenters. The first-order valence-corrected chi connectivity index (χ1v) is 7.92. The SMILES string of the molecule is CC1(C)OO[C@H]2[C@@H]([C@H]3COOC(C)(C)OO3)O[C@H](CCO)[C@H]2OO1. The Morgan fingerprint density at radius 2 is 1.46 bits per heavy atom. The van der Waals surface area contributed by atoms with E-state index in [0.717, 1.165) is 0 Å². The van der Waals surface area contributed by atoms with Crippen LogP contribution in [0.1, 0.15) is 34.1 Å². The molecule has 140 valence electrons. The summed E-state index contributed by atoms with van der Waals surface area (Å²) in [6.07, 6.45) is -2.70. The first-order valence-electron chi connectivity index (χ1n) is 7.92. The van der Waals surface area contributed by atoms with Crippen molar-refractivity contribution in [2.45, 2.75) is 76.2 Å². The van der Waals surface area contributed by atoms with E-state index in [2.05, 4.69) is 0 Å². The number of ether oxygens (including phenoxy) is 1. The Bertz CT molecular complexity index is 428. The molecule has 0 bridgehead atoms. The van der Waals surface area contributed by atoms with Crippen molar-refractivity contribution in [3.8, 4) is 0 Å². The number of hydrogen-bond acceptors (Lipinski definition) is 10. The first kappa shape index (κ1) is 18.4. The number of rotatable bonds is 3. The average Bonchev–Trinajstić information content (AvgIpc) is 2.61. The molecular formula is C14H24O10. The predicted octanol–water partition coefficient (Wildman–Crippen LogP) is 0.534. The zero-order valence-electron chi connectivity index (χ0n) is 14.1. The summed E-state index contributed by atoms with van der Waals surface area (Å²) in [5.41, 5.74) is 0. The Labute approximate surface area is 139 Å². The lowest BCUT2D eigenvalue weighted by Gasteiger charge is -2.25. The lowest BCUT2D eigenvalue weighted by atomic mass is 10.0. The Balaban J connectivity index is 1.74. The third-order valence-electron chi connectivity index (χ3n) is 3.71. The smallest absolute Gasteiger partial charge is 0.228 e. The van der Waals surface area contributed by atoms with Crippen LogP contribution in [-0.4, -0.2) is 60.4 Å². The Hall–Kier alpha value is -0.400. The number of aliphatic hydroxyl groups excluding tert-OH is 1. The molecule has 3 rings (SSSR count). The van der Waals surface area contributed by atoms with Crippen LogP contribution in [-0.2, 0) is 43.8 Å². The normalized spacial score (nSPS) is 42.1. The van der Waals surface area contributed by atoms with Crippen LogP contribution in [0.15, 0.2) is 0 Å². The number of hydrogen-bond donors (Lipinski definition) is 1. The van der Waals surface area contributed by atoms with Crippen LogP contribution in [0.5, 0.6) is 0 Å². The van der Waals surface area contributed by atoms with Crippen LogP contribution in [0.25, 0.3) is 0 Å². The van der Waals surface area contributed by atoms with Gasteiger partial charge in [-0.1, -0.05) is 0 Å². The molecule has 24 heavy (non-hydrogen) atoms. The molecule has 0 amide bonds. The van der Waals surface area contributed by atoms with E-state index in [1.54, 1.807) is 27.7 Å². The lowest BCUT2D eigenvalue weighted by molar-refractivity contribution is -0.484. The van der Waals surface area contributed by atoms with Crippen LogP contribution in [0.4, 0.5) is 0 Å². The summed E-state index contributed by atoms with van der Waals surface area (Å²) in [5, 5.41) is 9.25. The Morgan fingerprint density at radius 1 is 0.833 bits per heavy atom. The van der Waals surface area contributed by atoms with Gasteiger partial charge in [0.15, 0.2) is 12.2 Å². The maximum Gasteiger partial charge on any atom is 0.228 e. The highest BCUT2D eigenvalue weighted by Crippen LogP contribution is 2.36. The van der Waals surface area contributed by atoms with Gasteiger partial charge in [-0.3, -0.25) is 0 Å². The zero-order chi connectivity index (χ0) is 17.4. The van der Waals surface area contributed by atoms with Crippen molar-refractivity contribution in [2.24, 2.45) is 0 Å². The molecule has 0 aromatic rings. The Morgan fingerprint density at radius 3 is 2.17 bits per heavy atom. The van der Waals surface area contributed by atoms with Gasteiger partial charge in [-0.25, -0.2) is 19.6 Å². The predicted molar refractivity (Wildman–Crippen MR) is 73.4 cm³/mol. The molecule has 0 radical (unpaired) electrons. The maximum absolute atomic E-state index is 9.25. The fourth-order valence-electron chi connectivity index (χ4n) is 2.61. The standard InChI is InChI=1S/C14H24O10/c1-13(2)21-16-7-9(18-22-13)10-12-11(8(17-10)5-6-15)19-23-14(3,4)24-20-12/h8-12,15H,5-7H2,1-4H3/t8-,9-,10-,11-,12+/m1/s1. The molecule has 10 nitrogen and oxygen atoms in total. The van der Waals surface area contributed by atoms with Crippen molar-refractivity contribution in [1.82, 2.24) is 0 Å². The minimum absolute atomic E-state index is 0.0524. The Kier molecular flexibility index (Phi) is 5.42. The molecule has 0 aliphatic carbocycles. The van der Waals surface area contributed by atoms with Crippen molar-refractivity contribution < 1.29 is 48.9 Å². The van der Waals surface area contributed by atoms with E-state index >= 15 is 0 Å². The van der Waals surface area contributed by atoms with Crippen LogP contribution in [0.2, 0.25) is 0 Å². The van der Waals surface area contributed by atoms with Crippen molar-refractivity contribution >= 4 is 0 Å². The van der Waals surface area contributed by atoms with Crippen molar-refractivity contribution in [1.29, 1.82) is 0 Å². The van der Waals surface area contributed by atoms with Crippen LogP contribution < -0.4 is 0 Å². The maximum atomic E-state index is 9.25. The third kappa shape index (κ3) is 4.05. The van der Waals surface area contributed by atoms with Gasteiger partial charge in [-0.2, -0.15) is 19.6 Å². The fraction of sp³-hybridized carbons (Fsp3) is 1.00. The van der Waals surface area contributed by atoms with Crippen molar-refractivity contribution in [3.63, 3.8) is 0 Å².